The Bertz CT molecular complexity index is 546. The van der Waals surface area contributed by atoms with Gasteiger partial charge >= 0.3 is 7.12 Å². The SMILES string of the molecule is CC1(C)OB(c2ccccc2CN2CCCC(N)C2)OC1(C)C. The minimum Gasteiger partial charge on any atom is -0.399 e. The highest BCUT2D eigenvalue weighted by Crippen LogP contribution is 2.36. The molecule has 3 rings (SSSR count). The van der Waals surface area contributed by atoms with E-state index in [1.807, 2.05) is 0 Å². The van der Waals surface area contributed by atoms with Crippen molar-refractivity contribution in [2.45, 2.75) is 64.3 Å². The highest BCUT2D eigenvalue weighted by atomic mass is 16.7. The van der Waals surface area contributed by atoms with Crippen molar-refractivity contribution in [2.75, 3.05) is 13.1 Å². The molecule has 1 aromatic rings. The monoisotopic (exact) mass is 316 g/mol. The fourth-order valence-corrected chi connectivity index (χ4v) is 3.35. The molecule has 0 spiro atoms. The van der Waals surface area contributed by atoms with Crippen LogP contribution in [0.25, 0.3) is 0 Å². The number of hydrogen-bond donors (Lipinski definition) is 1. The molecule has 0 saturated carbocycles. The number of rotatable bonds is 3. The second-order valence-corrected chi connectivity index (χ2v) is 7.92. The van der Waals surface area contributed by atoms with Crippen LogP contribution in [0.3, 0.4) is 0 Å². The summed E-state index contributed by atoms with van der Waals surface area (Å²) in [6.45, 7) is 11.4. The van der Waals surface area contributed by atoms with Crippen LogP contribution in [0.4, 0.5) is 0 Å². The summed E-state index contributed by atoms with van der Waals surface area (Å²) in [5.74, 6) is 0. The lowest BCUT2D eigenvalue weighted by molar-refractivity contribution is 0.00578. The van der Waals surface area contributed by atoms with Gasteiger partial charge in [0.25, 0.3) is 0 Å². The van der Waals surface area contributed by atoms with E-state index < -0.39 is 0 Å². The normalized spacial score (nSPS) is 27.3. The Morgan fingerprint density at radius 1 is 1.17 bits per heavy atom. The van der Waals surface area contributed by atoms with Crippen molar-refractivity contribution in [3.8, 4) is 0 Å². The van der Waals surface area contributed by atoms with Gasteiger partial charge in [-0.2, -0.15) is 0 Å². The molecule has 0 bridgehead atoms. The van der Waals surface area contributed by atoms with Crippen LogP contribution >= 0.6 is 0 Å². The third-order valence-electron chi connectivity index (χ3n) is 5.50. The molecule has 2 fully saturated rings. The largest absolute Gasteiger partial charge is 0.495 e. The van der Waals surface area contributed by atoms with Gasteiger partial charge in [-0.05, 0) is 58.1 Å². The Balaban J connectivity index is 1.79. The van der Waals surface area contributed by atoms with Gasteiger partial charge in [-0.25, -0.2) is 0 Å². The van der Waals surface area contributed by atoms with Gasteiger partial charge in [-0.1, -0.05) is 24.3 Å². The summed E-state index contributed by atoms with van der Waals surface area (Å²) in [6, 6.07) is 8.76. The predicted molar refractivity (Wildman–Crippen MR) is 94.6 cm³/mol. The Labute approximate surface area is 140 Å². The quantitative estimate of drug-likeness (QED) is 0.866. The highest BCUT2D eigenvalue weighted by Gasteiger charge is 2.52. The standard InChI is InChI=1S/C18H29BN2O2/c1-17(2)18(3,4)23-19(22-17)16-10-6-5-8-14(16)12-21-11-7-9-15(20)13-21/h5-6,8,10,15H,7,9,11-13,20H2,1-4H3. The second-order valence-electron chi connectivity index (χ2n) is 7.92. The molecule has 0 radical (unpaired) electrons. The van der Waals surface area contributed by atoms with Gasteiger partial charge in [0.2, 0.25) is 0 Å². The van der Waals surface area contributed by atoms with Crippen LogP contribution in [-0.2, 0) is 15.9 Å². The first-order chi connectivity index (χ1) is 10.8. The number of nitrogens with zero attached hydrogens (tertiary/aromatic N) is 1. The molecule has 2 heterocycles. The summed E-state index contributed by atoms with van der Waals surface area (Å²) in [4.78, 5) is 2.44. The zero-order valence-corrected chi connectivity index (χ0v) is 14.8. The van der Waals surface area contributed by atoms with Gasteiger partial charge in [0.05, 0.1) is 11.2 Å². The van der Waals surface area contributed by atoms with Crippen LogP contribution in [-0.4, -0.2) is 42.4 Å². The van der Waals surface area contributed by atoms with Crippen molar-refractivity contribution in [3.05, 3.63) is 29.8 Å². The summed E-state index contributed by atoms with van der Waals surface area (Å²) in [5, 5.41) is 0. The third kappa shape index (κ3) is 3.48. The molecule has 1 atom stereocenters. The molecule has 2 aliphatic rings. The van der Waals surface area contributed by atoms with E-state index in [4.69, 9.17) is 15.0 Å². The lowest BCUT2D eigenvalue weighted by Crippen LogP contribution is -2.44. The number of benzene rings is 1. The first-order valence-corrected chi connectivity index (χ1v) is 8.70. The summed E-state index contributed by atoms with van der Waals surface area (Å²) in [5.41, 5.74) is 7.93. The molecule has 0 amide bonds. The molecular weight excluding hydrogens is 287 g/mol. The highest BCUT2D eigenvalue weighted by molar-refractivity contribution is 6.62. The van der Waals surface area contributed by atoms with Crippen molar-refractivity contribution in [1.82, 2.24) is 4.90 Å². The number of hydrogen-bond acceptors (Lipinski definition) is 4. The lowest BCUT2D eigenvalue weighted by Gasteiger charge is -2.32. The summed E-state index contributed by atoms with van der Waals surface area (Å²) in [6.07, 6.45) is 2.31. The summed E-state index contributed by atoms with van der Waals surface area (Å²) in [7, 11) is -0.297. The minimum atomic E-state index is -0.307. The Kier molecular flexibility index (Phi) is 4.58. The van der Waals surface area contributed by atoms with E-state index in [0.717, 1.165) is 31.5 Å². The first-order valence-electron chi connectivity index (χ1n) is 8.70. The summed E-state index contributed by atoms with van der Waals surface area (Å²) < 4.78 is 12.5. The number of nitrogens with two attached hydrogens (primary N) is 1. The van der Waals surface area contributed by atoms with Crippen molar-refractivity contribution >= 4 is 12.6 Å². The van der Waals surface area contributed by atoms with E-state index in [1.54, 1.807) is 0 Å². The average molecular weight is 316 g/mol. The van der Waals surface area contributed by atoms with Gasteiger partial charge in [-0.3, -0.25) is 4.90 Å². The molecule has 4 nitrogen and oxygen atoms in total. The molecule has 126 valence electrons. The van der Waals surface area contributed by atoms with Crippen molar-refractivity contribution < 1.29 is 9.31 Å². The molecular formula is C18H29BN2O2. The smallest absolute Gasteiger partial charge is 0.399 e. The number of piperidine rings is 1. The Morgan fingerprint density at radius 2 is 1.83 bits per heavy atom. The van der Waals surface area contributed by atoms with E-state index >= 15 is 0 Å². The molecule has 23 heavy (non-hydrogen) atoms. The molecule has 1 unspecified atom stereocenters. The summed E-state index contributed by atoms with van der Waals surface area (Å²) >= 11 is 0. The molecule has 2 N–H and O–H groups in total. The van der Waals surface area contributed by atoms with Crippen LogP contribution < -0.4 is 11.2 Å². The van der Waals surface area contributed by atoms with Crippen LogP contribution in [0.1, 0.15) is 46.1 Å². The minimum absolute atomic E-state index is 0.297. The molecule has 0 aromatic heterocycles. The fraction of sp³-hybridized carbons (Fsp3) is 0.667. The van der Waals surface area contributed by atoms with Crippen molar-refractivity contribution in [1.29, 1.82) is 0 Å². The Hall–Kier alpha value is -0.875. The van der Waals surface area contributed by atoms with E-state index in [-0.39, 0.29) is 18.3 Å². The van der Waals surface area contributed by atoms with E-state index in [9.17, 15) is 0 Å². The second kappa shape index (κ2) is 6.21. The maximum absolute atomic E-state index is 6.24. The number of likely N-dealkylation sites (tertiary alicyclic amines) is 1. The van der Waals surface area contributed by atoms with Gasteiger partial charge in [0.15, 0.2) is 0 Å². The van der Waals surface area contributed by atoms with Crippen LogP contribution in [0.15, 0.2) is 24.3 Å². The Morgan fingerprint density at radius 3 is 2.48 bits per heavy atom. The third-order valence-corrected chi connectivity index (χ3v) is 5.50. The lowest BCUT2D eigenvalue weighted by atomic mass is 9.75. The topological polar surface area (TPSA) is 47.7 Å². The molecule has 2 aliphatic heterocycles. The van der Waals surface area contributed by atoms with Crippen molar-refractivity contribution in [3.63, 3.8) is 0 Å². The van der Waals surface area contributed by atoms with Gasteiger partial charge in [0, 0.05) is 19.1 Å². The zero-order valence-electron chi connectivity index (χ0n) is 14.8. The van der Waals surface area contributed by atoms with Crippen LogP contribution in [0.5, 0.6) is 0 Å². The van der Waals surface area contributed by atoms with Gasteiger partial charge < -0.3 is 15.0 Å². The van der Waals surface area contributed by atoms with E-state index in [2.05, 4.69) is 56.9 Å². The first kappa shape index (κ1) is 17.0. The molecule has 1 aromatic carbocycles. The molecule has 5 heteroatoms. The maximum Gasteiger partial charge on any atom is 0.495 e. The fourth-order valence-electron chi connectivity index (χ4n) is 3.35. The van der Waals surface area contributed by atoms with Crippen molar-refractivity contribution in [2.24, 2.45) is 5.73 Å². The maximum atomic E-state index is 6.24. The van der Waals surface area contributed by atoms with E-state index in [0.29, 0.717) is 6.04 Å². The predicted octanol–water partition coefficient (Wildman–Crippen LogP) is 1.91. The van der Waals surface area contributed by atoms with E-state index in [1.165, 1.54) is 12.0 Å². The van der Waals surface area contributed by atoms with Crippen LogP contribution in [0, 0.1) is 0 Å². The zero-order chi connectivity index (χ0) is 16.7. The molecule has 0 aliphatic carbocycles. The van der Waals surface area contributed by atoms with Gasteiger partial charge in [0.1, 0.15) is 0 Å². The van der Waals surface area contributed by atoms with Gasteiger partial charge in [-0.15, -0.1) is 0 Å². The average Bonchev–Trinajstić information content (AvgIpc) is 2.68. The molecule has 2 saturated heterocycles. The van der Waals surface area contributed by atoms with Crippen LogP contribution in [0.2, 0.25) is 0 Å².